The first-order valence-corrected chi connectivity index (χ1v) is 8.50. The minimum Gasteiger partial charge on any atom is -0.338 e. The number of nitrogens with one attached hydrogen (secondary N) is 2. The van der Waals surface area contributed by atoms with E-state index in [4.69, 9.17) is 4.52 Å². The zero-order valence-corrected chi connectivity index (χ0v) is 15.7. The summed E-state index contributed by atoms with van der Waals surface area (Å²) >= 11 is 0. The predicted molar refractivity (Wildman–Crippen MR) is 94.5 cm³/mol. The van der Waals surface area contributed by atoms with Crippen molar-refractivity contribution in [1.82, 2.24) is 25.2 Å². The molecule has 0 radical (unpaired) electrons. The average molecular weight is 360 g/mol. The van der Waals surface area contributed by atoms with Crippen LogP contribution in [-0.2, 0) is 16.6 Å². The summed E-state index contributed by atoms with van der Waals surface area (Å²) in [6.45, 7) is 5.78. The van der Waals surface area contributed by atoms with Crippen LogP contribution in [0.5, 0.6) is 0 Å². The van der Waals surface area contributed by atoms with Gasteiger partial charge in [0.15, 0.2) is 0 Å². The molecule has 1 saturated heterocycles. The third-order valence-electron chi connectivity index (χ3n) is 4.86. The van der Waals surface area contributed by atoms with Gasteiger partial charge in [0.05, 0.1) is 24.0 Å². The second-order valence-corrected chi connectivity index (χ2v) is 6.73. The highest BCUT2D eigenvalue weighted by molar-refractivity contribution is 5.91. The first-order chi connectivity index (χ1) is 12.3. The summed E-state index contributed by atoms with van der Waals surface area (Å²) in [7, 11) is 3.68. The Balaban J connectivity index is 1.71. The van der Waals surface area contributed by atoms with Gasteiger partial charge < -0.3 is 14.7 Å². The van der Waals surface area contributed by atoms with Gasteiger partial charge in [-0.15, -0.1) is 0 Å². The van der Waals surface area contributed by atoms with Crippen LogP contribution in [0.2, 0.25) is 0 Å². The lowest BCUT2D eigenvalue weighted by Crippen LogP contribution is -2.40. The lowest BCUT2D eigenvalue weighted by Gasteiger charge is -2.26. The van der Waals surface area contributed by atoms with Crippen LogP contribution in [0.15, 0.2) is 10.6 Å². The number of rotatable bonds is 5. The van der Waals surface area contributed by atoms with Crippen LogP contribution in [0.1, 0.15) is 35.1 Å². The number of amides is 2. The van der Waals surface area contributed by atoms with Gasteiger partial charge in [0, 0.05) is 43.9 Å². The van der Waals surface area contributed by atoms with Crippen molar-refractivity contribution in [2.75, 3.05) is 18.9 Å². The lowest BCUT2D eigenvalue weighted by atomic mass is 9.98. The highest BCUT2D eigenvalue weighted by Crippen LogP contribution is 2.35. The van der Waals surface area contributed by atoms with Gasteiger partial charge in [-0.1, -0.05) is 5.16 Å². The molecule has 0 aliphatic carbocycles. The van der Waals surface area contributed by atoms with Gasteiger partial charge in [-0.3, -0.25) is 19.6 Å². The lowest BCUT2D eigenvalue weighted by molar-refractivity contribution is -0.127. The molecule has 140 valence electrons. The summed E-state index contributed by atoms with van der Waals surface area (Å²) in [6, 6.07) is 1.32. The molecule has 1 fully saturated rings. The van der Waals surface area contributed by atoms with Gasteiger partial charge in [0.1, 0.15) is 0 Å². The molecule has 0 aromatic carbocycles. The minimum absolute atomic E-state index is 0.0430. The van der Waals surface area contributed by atoms with Gasteiger partial charge in [0.2, 0.25) is 17.7 Å². The van der Waals surface area contributed by atoms with E-state index in [9.17, 15) is 9.59 Å². The molecule has 3 heterocycles. The molecule has 2 aromatic rings. The van der Waals surface area contributed by atoms with Crippen molar-refractivity contribution in [2.45, 2.75) is 39.3 Å². The number of likely N-dealkylation sites (tertiary alicyclic amines) is 1. The second kappa shape index (κ2) is 6.91. The molecule has 0 spiro atoms. The molecule has 2 N–H and O–H groups in total. The Morgan fingerprint density at radius 3 is 2.65 bits per heavy atom. The number of hydrogen-bond acceptors (Lipinski definition) is 6. The maximum atomic E-state index is 12.3. The minimum atomic E-state index is -0.249. The summed E-state index contributed by atoms with van der Waals surface area (Å²) in [5.74, 6) is 0.104. The standard InChI is InChI=1S/C17H24N6O3/c1-9-6-14(26-21-9)19-13(24)8-18-12-7-15(25)22(4)17(12)16-10(2)20-23(5)11(16)3/h6,12,17-18H,7-8H2,1-5H3,(H,19,24)/t12-,17-/m1/s1. The summed E-state index contributed by atoms with van der Waals surface area (Å²) in [5, 5.41) is 14.0. The van der Waals surface area contributed by atoms with Gasteiger partial charge in [-0.25, -0.2) is 0 Å². The number of carbonyl (C=O) groups is 2. The Hall–Kier alpha value is -2.68. The maximum absolute atomic E-state index is 12.3. The summed E-state index contributed by atoms with van der Waals surface area (Å²) in [5.41, 5.74) is 3.64. The van der Waals surface area contributed by atoms with Crippen LogP contribution in [0.25, 0.3) is 0 Å². The quantitative estimate of drug-likeness (QED) is 0.818. The monoisotopic (exact) mass is 360 g/mol. The van der Waals surface area contributed by atoms with Crippen molar-refractivity contribution in [1.29, 1.82) is 0 Å². The van der Waals surface area contributed by atoms with E-state index < -0.39 is 0 Å². The van der Waals surface area contributed by atoms with Crippen LogP contribution in [0.3, 0.4) is 0 Å². The molecule has 2 amide bonds. The first-order valence-electron chi connectivity index (χ1n) is 8.50. The number of carbonyl (C=O) groups excluding carboxylic acids is 2. The molecule has 3 rings (SSSR count). The van der Waals surface area contributed by atoms with Crippen LogP contribution in [0.4, 0.5) is 5.88 Å². The topological polar surface area (TPSA) is 105 Å². The molecule has 9 heteroatoms. The van der Waals surface area contributed by atoms with Gasteiger partial charge in [-0.2, -0.15) is 5.10 Å². The molecule has 1 aliphatic heterocycles. The number of aryl methyl sites for hydroxylation is 3. The van der Waals surface area contributed by atoms with E-state index in [0.717, 1.165) is 17.0 Å². The number of likely N-dealkylation sites (N-methyl/N-ethyl adjacent to an activating group) is 1. The Morgan fingerprint density at radius 1 is 1.35 bits per heavy atom. The molecule has 0 bridgehead atoms. The highest BCUT2D eigenvalue weighted by atomic mass is 16.5. The molecule has 0 unspecified atom stereocenters. The predicted octanol–water partition coefficient (Wildman–Crippen LogP) is 0.833. The van der Waals surface area contributed by atoms with E-state index in [1.165, 1.54) is 0 Å². The second-order valence-electron chi connectivity index (χ2n) is 6.73. The number of aromatic nitrogens is 3. The van der Waals surface area contributed by atoms with E-state index in [1.54, 1.807) is 24.9 Å². The fourth-order valence-corrected chi connectivity index (χ4v) is 3.49. The summed E-state index contributed by atoms with van der Waals surface area (Å²) < 4.78 is 6.80. The number of hydrogen-bond donors (Lipinski definition) is 2. The Morgan fingerprint density at radius 2 is 2.08 bits per heavy atom. The van der Waals surface area contributed by atoms with E-state index in [-0.39, 0.29) is 30.4 Å². The van der Waals surface area contributed by atoms with Crippen LogP contribution in [0, 0.1) is 20.8 Å². The van der Waals surface area contributed by atoms with Gasteiger partial charge in [-0.05, 0) is 20.8 Å². The molecule has 1 aliphatic rings. The molecule has 26 heavy (non-hydrogen) atoms. The van der Waals surface area contributed by atoms with Crippen molar-refractivity contribution in [3.8, 4) is 0 Å². The normalized spacial score (nSPS) is 20.0. The Bertz CT molecular complexity index is 840. The fourth-order valence-electron chi connectivity index (χ4n) is 3.49. The van der Waals surface area contributed by atoms with Crippen LogP contribution >= 0.6 is 0 Å². The summed E-state index contributed by atoms with van der Waals surface area (Å²) in [6.07, 6.45) is 0.337. The largest absolute Gasteiger partial charge is 0.338 e. The number of anilines is 1. The van der Waals surface area contributed by atoms with Crippen molar-refractivity contribution in [3.63, 3.8) is 0 Å². The van der Waals surface area contributed by atoms with E-state index >= 15 is 0 Å². The van der Waals surface area contributed by atoms with Crippen molar-refractivity contribution in [2.24, 2.45) is 7.05 Å². The molecule has 9 nitrogen and oxygen atoms in total. The maximum Gasteiger partial charge on any atom is 0.240 e. The highest BCUT2D eigenvalue weighted by Gasteiger charge is 2.41. The fraction of sp³-hybridized carbons (Fsp3) is 0.529. The van der Waals surface area contributed by atoms with Gasteiger partial charge in [0.25, 0.3) is 0 Å². The molecule has 2 aromatic heterocycles. The number of nitrogens with zero attached hydrogens (tertiary/aromatic N) is 4. The Kier molecular flexibility index (Phi) is 4.82. The van der Waals surface area contributed by atoms with E-state index in [2.05, 4.69) is 20.9 Å². The zero-order chi connectivity index (χ0) is 19.0. The first kappa shape index (κ1) is 18.1. The van der Waals surface area contributed by atoms with Crippen molar-refractivity contribution >= 4 is 17.7 Å². The average Bonchev–Trinajstić information content (AvgIpc) is 3.17. The smallest absolute Gasteiger partial charge is 0.240 e. The third-order valence-corrected chi connectivity index (χ3v) is 4.86. The van der Waals surface area contributed by atoms with Crippen molar-refractivity contribution < 1.29 is 14.1 Å². The molecular weight excluding hydrogens is 336 g/mol. The SMILES string of the molecule is Cc1cc(NC(=O)CN[C@@H]2CC(=O)N(C)[C@H]2c2c(C)nn(C)c2C)on1. The third kappa shape index (κ3) is 3.34. The summed E-state index contributed by atoms with van der Waals surface area (Å²) in [4.78, 5) is 26.1. The Labute approximate surface area is 151 Å². The van der Waals surface area contributed by atoms with Crippen LogP contribution in [-0.4, -0.2) is 51.3 Å². The van der Waals surface area contributed by atoms with E-state index in [0.29, 0.717) is 18.0 Å². The molecule has 2 atom stereocenters. The van der Waals surface area contributed by atoms with Crippen molar-refractivity contribution in [3.05, 3.63) is 28.7 Å². The molecular formula is C17H24N6O3. The van der Waals surface area contributed by atoms with E-state index in [1.807, 2.05) is 25.6 Å². The van der Waals surface area contributed by atoms with Crippen LogP contribution < -0.4 is 10.6 Å². The molecule has 0 saturated carbocycles. The zero-order valence-electron chi connectivity index (χ0n) is 15.7. The van der Waals surface area contributed by atoms with Gasteiger partial charge >= 0.3 is 0 Å².